The van der Waals surface area contributed by atoms with Crippen LogP contribution in [0.15, 0.2) is 48.0 Å². The highest BCUT2D eigenvalue weighted by atomic mass is 19.1. The summed E-state index contributed by atoms with van der Waals surface area (Å²) in [5.74, 6) is 0.0543. The molecule has 0 radical (unpaired) electrons. The first kappa shape index (κ1) is 27.0. The molecule has 0 aliphatic heterocycles. The van der Waals surface area contributed by atoms with Crippen molar-refractivity contribution < 1.29 is 23.4 Å². The topological polar surface area (TPSA) is 81.2 Å². The van der Waals surface area contributed by atoms with E-state index in [9.17, 15) is 9.18 Å². The van der Waals surface area contributed by atoms with Gasteiger partial charge in [0.25, 0.3) is 0 Å². The average molecular weight is 472 g/mol. The van der Waals surface area contributed by atoms with Gasteiger partial charge in [0.15, 0.2) is 0 Å². The molecule has 0 aliphatic rings. The standard InChI is InChI=1S/C26H34FN3O4/c1-6-18(3)16-33-17-25(31)30-21-10-8-20(9-11-21)29-19(4)26-23(27)14-22(34-13-12-32-5)15-24(26)28-7-2/h7-11,14-15,18,29H,4,6,12-13,16-17H2,1-3,5H3,(H,30,31). The van der Waals surface area contributed by atoms with Crippen molar-refractivity contribution >= 4 is 34.9 Å². The second-order valence-corrected chi connectivity index (χ2v) is 7.79. The number of anilines is 2. The van der Waals surface area contributed by atoms with Gasteiger partial charge < -0.3 is 24.8 Å². The van der Waals surface area contributed by atoms with Crippen LogP contribution >= 0.6 is 0 Å². The van der Waals surface area contributed by atoms with Crippen LogP contribution in [0.4, 0.5) is 21.5 Å². The molecule has 2 rings (SSSR count). The van der Waals surface area contributed by atoms with Gasteiger partial charge >= 0.3 is 0 Å². The molecular weight excluding hydrogens is 437 g/mol. The fourth-order valence-corrected chi connectivity index (χ4v) is 2.98. The monoisotopic (exact) mass is 471 g/mol. The summed E-state index contributed by atoms with van der Waals surface area (Å²) in [6.07, 6.45) is 2.58. The zero-order valence-corrected chi connectivity index (χ0v) is 20.3. The summed E-state index contributed by atoms with van der Waals surface area (Å²) in [5, 5.41) is 5.89. The van der Waals surface area contributed by atoms with Crippen LogP contribution in [-0.4, -0.2) is 45.7 Å². The fraction of sp³-hybridized carbons (Fsp3) is 0.385. The number of amides is 1. The number of hydrogen-bond acceptors (Lipinski definition) is 6. The van der Waals surface area contributed by atoms with Crippen molar-refractivity contribution in [2.45, 2.75) is 27.2 Å². The van der Waals surface area contributed by atoms with E-state index in [0.717, 1.165) is 6.42 Å². The third-order valence-electron chi connectivity index (χ3n) is 4.97. The van der Waals surface area contributed by atoms with Gasteiger partial charge in [0.1, 0.15) is 24.8 Å². The summed E-state index contributed by atoms with van der Waals surface area (Å²) >= 11 is 0. The second-order valence-electron chi connectivity index (χ2n) is 7.79. The zero-order chi connectivity index (χ0) is 24.9. The van der Waals surface area contributed by atoms with Crippen molar-refractivity contribution in [3.8, 4) is 5.75 Å². The van der Waals surface area contributed by atoms with Crippen molar-refractivity contribution in [1.82, 2.24) is 0 Å². The van der Waals surface area contributed by atoms with Crippen molar-refractivity contribution in [1.29, 1.82) is 0 Å². The van der Waals surface area contributed by atoms with Crippen LogP contribution in [-0.2, 0) is 14.3 Å². The van der Waals surface area contributed by atoms with E-state index in [1.165, 1.54) is 6.07 Å². The minimum Gasteiger partial charge on any atom is -0.491 e. The van der Waals surface area contributed by atoms with Crippen molar-refractivity contribution in [2.24, 2.45) is 10.9 Å². The Hall–Kier alpha value is -3.23. The lowest BCUT2D eigenvalue weighted by atomic mass is 10.1. The molecule has 1 unspecified atom stereocenters. The third kappa shape index (κ3) is 8.61. The molecule has 0 bridgehead atoms. The molecular formula is C26H34FN3O4. The lowest BCUT2D eigenvalue weighted by molar-refractivity contribution is -0.121. The SMILES string of the molecule is C=C(Nc1ccc(NC(=O)COCC(C)CC)cc1)c1c(F)cc(OCCOC)cc1N=CC. The lowest BCUT2D eigenvalue weighted by Crippen LogP contribution is -2.20. The number of methoxy groups -OCH3 is 1. The maximum Gasteiger partial charge on any atom is 0.250 e. The Balaban J connectivity index is 2.03. The summed E-state index contributed by atoms with van der Waals surface area (Å²) < 4.78 is 30.8. The van der Waals surface area contributed by atoms with Gasteiger partial charge in [-0.15, -0.1) is 0 Å². The number of hydrogen-bond donors (Lipinski definition) is 2. The Morgan fingerprint density at radius 3 is 2.47 bits per heavy atom. The number of nitrogens with zero attached hydrogens (tertiary/aromatic N) is 1. The molecule has 2 aromatic rings. The van der Waals surface area contributed by atoms with Gasteiger partial charge in [-0.05, 0) is 37.1 Å². The number of carbonyl (C=O) groups excluding carboxylic acids is 1. The second kappa shape index (κ2) is 14.1. The number of halogens is 1. The molecule has 0 saturated heterocycles. The number of rotatable bonds is 14. The Morgan fingerprint density at radius 1 is 1.18 bits per heavy atom. The van der Waals surface area contributed by atoms with Crippen molar-refractivity contribution in [3.05, 3.63) is 54.4 Å². The van der Waals surface area contributed by atoms with Gasteiger partial charge in [-0.2, -0.15) is 0 Å². The van der Waals surface area contributed by atoms with E-state index in [1.807, 2.05) is 0 Å². The molecule has 1 amide bonds. The highest BCUT2D eigenvalue weighted by molar-refractivity contribution is 5.92. The van der Waals surface area contributed by atoms with Crippen LogP contribution in [0.2, 0.25) is 0 Å². The Labute approximate surface area is 201 Å². The minimum atomic E-state index is -0.505. The van der Waals surface area contributed by atoms with E-state index in [-0.39, 0.29) is 18.1 Å². The van der Waals surface area contributed by atoms with Crippen LogP contribution in [0.25, 0.3) is 5.70 Å². The molecule has 1 atom stereocenters. The van der Waals surface area contributed by atoms with E-state index in [1.54, 1.807) is 50.6 Å². The molecule has 184 valence electrons. The zero-order valence-electron chi connectivity index (χ0n) is 20.3. The highest BCUT2D eigenvalue weighted by Gasteiger charge is 2.15. The summed E-state index contributed by atoms with van der Waals surface area (Å²) in [4.78, 5) is 16.3. The molecule has 0 aliphatic carbocycles. The quantitative estimate of drug-likeness (QED) is 0.275. The normalized spacial score (nSPS) is 11.9. The van der Waals surface area contributed by atoms with Gasteiger partial charge in [0, 0.05) is 49.1 Å². The fourth-order valence-electron chi connectivity index (χ4n) is 2.98. The average Bonchev–Trinajstić information content (AvgIpc) is 2.80. The highest BCUT2D eigenvalue weighted by Crippen LogP contribution is 2.33. The predicted octanol–water partition coefficient (Wildman–Crippen LogP) is 5.66. The molecule has 0 fully saturated rings. The summed E-state index contributed by atoms with van der Waals surface area (Å²) in [5.41, 5.74) is 2.30. The summed E-state index contributed by atoms with van der Waals surface area (Å²) in [6, 6.07) is 9.98. The van der Waals surface area contributed by atoms with Crippen LogP contribution in [0.1, 0.15) is 32.8 Å². The molecule has 0 heterocycles. The molecule has 2 N–H and O–H groups in total. The van der Waals surface area contributed by atoms with Crippen LogP contribution in [0, 0.1) is 11.7 Å². The van der Waals surface area contributed by atoms with Gasteiger partial charge in [-0.25, -0.2) is 4.39 Å². The molecule has 7 nitrogen and oxygen atoms in total. The van der Waals surface area contributed by atoms with E-state index in [4.69, 9.17) is 14.2 Å². The lowest BCUT2D eigenvalue weighted by Gasteiger charge is -2.15. The maximum atomic E-state index is 14.9. The van der Waals surface area contributed by atoms with Crippen LogP contribution in [0.5, 0.6) is 5.75 Å². The Bertz CT molecular complexity index is 977. The number of nitrogens with one attached hydrogen (secondary N) is 2. The summed E-state index contributed by atoms with van der Waals surface area (Å²) in [7, 11) is 1.57. The maximum absolute atomic E-state index is 14.9. The van der Waals surface area contributed by atoms with E-state index < -0.39 is 5.82 Å². The first-order valence-electron chi connectivity index (χ1n) is 11.3. The largest absolute Gasteiger partial charge is 0.491 e. The van der Waals surface area contributed by atoms with Crippen molar-refractivity contribution in [3.63, 3.8) is 0 Å². The van der Waals surface area contributed by atoms with Gasteiger partial charge in [-0.3, -0.25) is 9.79 Å². The van der Waals surface area contributed by atoms with Crippen LogP contribution in [0.3, 0.4) is 0 Å². The number of ether oxygens (including phenoxy) is 3. The number of benzene rings is 2. The first-order valence-corrected chi connectivity index (χ1v) is 11.3. The number of aliphatic imine (C=N–C) groups is 1. The van der Waals surface area contributed by atoms with Gasteiger partial charge in [-0.1, -0.05) is 26.8 Å². The number of carbonyl (C=O) groups is 1. The molecule has 0 spiro atoms. The predicted molar refractivity (Wildman–Crippen MR) is 136 cm³/mol. The van der Waals surface area contributed by atoms with E-state index in [2.05, 4.69) is 36.1 Å². The summed E-state index contributed by atoms with van der Waals surface area (Å²) in [6.45, 7) is 11.1. The molecule has 0 saturated carbocycles. The molecule has 2 aromatic carbocycles. The van der Waals surface area contributed by atoms with Crippen molar-refractivity contribution in [2.75, 3.05) is 44.2 Å². The Morgan fingerprint density at radius 2 is 1.85 bits per heavy atom. The Kier molecular flexibility index (Phi) is 11.2. The minimum absolute atomic E-state index is 0.00628. The third-order valence-corrected chi connectivity index (χ3v) is 4.97. The molecule has 0 aromatic heterocycles. The van der Waals surface area contributed by atoms with E-state index >= 15 is 0 Å². The van der Waals surface area contributed by atoms with Gasteiger partial charge in [0.2, 0.25) is 5.91 Å². The molecule has 34 heavy (non-hydrogen) atoms. The van der Waals surface area contributed by atoms with E-state index in [0.29, 0.717) is 54.2 Å². The van der Waals surface area contributed by atoms with Crippen LogP contribution < -0.4 is 15.4 Å². The first-order chi connectivity index (χ1) is 16.4. The smallest absolute Gasteiger partial charge is 0.250 e. The van der Waals surface area contributed by atoms with Gasteiger partial charge in [0.05, 0.1) is 17.9 Å². The molecule has 8 heteroatoms.